The second-order valence-corrected chi connectivity index (χ2v) is 15.0. The summed E-state index contributed by atoms with van der Waals surface area (Å²) < 4.78 is 7.17. The molecule has 2 aromatic rings. The lowest BCUT2D eigenvalue weighted by atomic mass is 10.2. The fourth-order valence-electron chi connectivity index (χ4n) is 2.51. The van der Waals surface area contributed by atoms with E-state index < -0.39 is 8.32 Å². The van der Waals surface area contributed by atoms with Crippen LogP contribution in [0.15, 0.2) is 24.4 Å². The molecule has 0 unspecified atom stereocenters. The molecule has 8 heteroatoms. The van der Waals surface area contributed by atoms with Crippen LogP contribution in [0.5, 0.6) is 0 Å². The van der Waals surface area contributed by atoms with Gasteiger partial charge in [0.1, 0.15) is 5.69 Å². The van der Waals surface area contributed by atoms with E-state index in [-0.39, 0.29) is 10.9 Å². The Hall–Kier alpha value is -1.54. The van der Waals surface area contributed by atoms with Crippen molar-refractivity contribution in [2.24, 2.45) is 0 Å². The predicted octanol–water partition coefficient (Wildman–Crippen LogP) is 4.31. The highest BCUT2D eigenvalue weighted by atomic mass is 127. The number of hydrogen-bond acceptors (Lipinski definition) is 5. The van der Waals surface area contributed by atoms with Gasteiger partial charge in [-0.2, -0.15) is 0 Å². The van der Waals surface area contributed by atoms with Crippen molar-refractivity contribution in [3.8, 4) is 11.8 Å². The quantitative estimate of drug-likeness (QED) is 0.301. The summed E-state index contributed by atoms with van der Waals surface area (Å²) in [5.74, 6) is 6.12. The van der Waals surface area contributed by atoms with E-state index in [2.05, 4.69) is 95.4 Å². The van der Waals surface area contributed by atoms with E-state index in [1.807, 2.05) is 18.2 Å². The lowest BCUT2D eigenvalue weighted by molar-refractivity contribution is 0.0944. The molecule has 0 spiro atoms. The van der Waals surface area contributed by atoms with Crippen LogP contribution in [-0.4, -0.2) is 61.9 Å². The molecule has 0 fully saturated rings. The SMILES string of the molecule is CCN(CC#CCO[Si](C)(C)C(C)(C)C)CCNC(=O)c1cnc2cc(I)ccc2n1. The molecule has 6 nitrogen and oxygen atoms in total. The Kier molecular flexibility index (Phi) is 9.42. The molecule has 31 heavy (non-hydrogen) atoms. The predicted molar refractivity (Wildman–Crippen MR) is 138 cm³/mol. The number of likely N-dealkylation sites (N-methyl/N-ethyl adjacent to an activating group) is 1. The summed E-state index contributed by atoms with van der Waals surface area (Å²) >= 11 is 2.23. The van der Waals surface area contributed by atoms with Crippen LogP contribution >= 0.6 is 22.6 Å². The number of aromatic nitrogens is 2. The molecule has 1 heterocycles. The largest absolute Gasteiger partial charge is 0.406 e. The second-order valence-electron chi connectivity index (χ2n) is 8.92. The third-order valence-electron chi connectivity index (χ3n) is 5.64. The van der Waals surface area contributed by atoms with Gasteiger partial charge in [-0.1, -0.05) is 39.5 Å². The number of fused-ring (bicyclic) bond motifs is 1. The lowest BCUT2D eigenvalue weighted by Crippen LogP contribution is -2.40. The van der Waals surface area contributed by atoms with Gasteiger partial charge in [0.25, 0.3) is 5.91 Å². The molecule has 1 amide bonds. The van der Waals surface area contributed by atoms with Crippen LogP contribution in [0.1, 0.15) is 38.2 Å². The summed E-state index contributed by atoms with van der Waals surface area (Å²) in [4.78, 5) is 23.4. The molecular weight excluding hydrogens is 519 g/mol. The van der Waals surface area contributed by atoms with Crippen molar-refractivity contribution < 1.29 is 9.22 Å². The Bertz CT molecular complexity index is 963. The highest BCUT2D eigenvalue weighted by molar-refractivity contribution is 14.1. The Morgan fingerprint density at radius 2 is 2.00 bits per heavy atom. The smallest absolute Gasteiger partial charge is 0.271 e. The zero-order valence-corrected chi connectivity index (χ0v) is 22.5. The summed E-state index contributed by atoms with van der Waals surface area (Å²) in [6.45, 7) is 16.5. The van der Waals surface area contributed by atoms with Gasteiger partial charge in [0.05, 0.1) is 30.4 Å². The molecule has 1 aromatic heterocycles. The number of rotatable bonds is 8. The first kappa shape index (κ1) is 25.7. The van der Waals surface area contributed by atoms with Crippen molar-refractivity contribution in [1.29, 1.82) is 0 Å². The van der Waals surface area contributed by atoms with Crippen LogP contribution in [0.25, 0.3) is 11.0 Å². The highest BCUT2D eigenvalue weighted by Crippen LogP contribution is 2.36. The van der Waals surface area contributed by atoms with E-state index in [9.17, 15) is 4.79 Å². The van der Waals surface area contributed by atoms with Gasteiger partial charge in [-0.15, -0.1) is 0 Å². The minimum absolute atomic E-state index is 0.191. The van der Waals surface area contributed by atoms with Crippen molar-refractivity contribution in [2.45, 2.75) is 45.8 Å². The summed E-state index contributed by atoms with van der Waals surface area (Å²) in [5.41, 5.74) is 1.84. The van der Waals surface area contributed by atoms with E-state index in [4.69, 9.17) is 4.43 Å². The summed E-state index contributed by atoms with van der Waals surface area (Å²) in [6.07, 6.45) is 1.53. The van der Waals surface area contributed by atoms with Gasteiger partial charge in [-0.25, -0.2) is 4.98 Å². The van der Waals surface area contributed by atoms with Gasteiger partial charge in [0, 0.05) is 16.7 Å². The van der Waals surface area contributed by atoms with Crippen LogP contribution < -0.4 is 5.32 Å². The van der Waals surface area contributed by atoms with Gasteiger partial charge in [0.15, 0.2) is 8.32 Å². The summed E-state index contributed by atoms with van der Waals surface area (Å²) in [6, 6.07) is 5.78. The van der Waals surface area contributed by atoms with Gasteiger partial charge >= 0.3 is 0 Å². The molecule has 0 saturated heterocycles. The number of carbonyl (C=O) groups excluding carboxylic acids is 1. The average molecular weight is 553 g/mol. The number of nitrogens with zero attached hydrogens (tertiary/aromatic N) is 3. The maximum atomic E-state index is 12.4. The molecule has 0 radical (unpaired) electrons. The monoisotopic (exact) mass is 552 g/mol. The average Bonchev–Trinajstić information content (AvgIpc) is 2.70. The molecular formula is C23H33IN4O2Si. The van der Waals surface area contributed by atoms with Crippen LogP contribution in [0.4, 0.5) is 0 Å². The molecule has 168 valence electrons. The molecule has 0 aliphatic heterocycles. The number of carbonyl (C=O) groups is 1. The fraction of sp³-hybridized carbons (Fsp3) is 0.522. The van der Waals surface area contributed by atoms with Crippen LogP contribution in [0, 0.1) is 15.4 Å². The number of hydrogen-bond donors (Lipinski definition) is 1. The molecule has 0 bridgehead atoms. The minimum Gasteiger partial charge on any atom is -0.406 e. The molecule has 0 saturated carbocycles. The lowest BCUT2D eigenvalue weighted by Gasteiger charge is -2.35. The first-order valence-electron chi connectivity index (χ1n) is 10.6. The summed E-state index contributed by atoms with van der Waals surface area (Å²) in [7, 11) is -1.75. The van der Waals surface area contributed by atoms with E-state index in [0.29, 0.717) is 25.4 Å². The molecule has 0 atom stereocenters. The van der Waals surface area contributed by atoms with Crippen molar-refractivity contribution >= 4 is 47.8 Å². The van der Waals surface area contributed by atoms with E-state index in [0.717, 1.165) is 27.7 Å². The third kappa shape index (κ3) is 7.82. The first-order chi connectivity index (χ1) is 14.5. The fourth-order valence-corrected chi connectivity index (χ4v) is 3.85. The van der Waals surface area contributed by atoms with Crippen molar-refractivity contribution in [3.05, 3.63) is 33.7 Å². The zero-order chi connectivity index (χ0) is 23.1. The van der Waals surface area contributed by atoms with Crippen molar-refractivity contribution in [3.63, 3.8) is 0 Å². The zero-order valence-electron chi connectivity index (χ0n) is 19.4. The van der Waals surface area contributed by atoms with Crippen LogP contribution in [0.3, 0.4) is 0 Å². The molecule has 2 rings (SSSR count). The van der Waals surface area contributed by atoms with E-state index in [1.54, 1.807) is 0 Å². The van der Waals surface area contributed by atoms with Crippen LogP contribution in [-0.2, 0) is 4.43 Å². The first-order valence-corrected chi connectivity index (χ1v) is 14.5. The van der Waals surface area contributed by atoms with E-state index in [1.165, 1.54) is 6.20 Å². The van der Waals surface area contributed by atoms with Gasteiger partial charge in [-0.3, -0.25) is 14.7 Å². The van der Waals surface area contributed by atoms with Crippen LogP contribution in [0.2, 0.25) is 18.1 Å². The number of halogens is 1. The Balaban J connectivity index is 1.79. The number of nitrogens with one attached hydrogen (secondary N) is 1. The highest BCUT2D eigenvalue weighted by Gasteiger charge is 2.36. The Labute approximate surface area is 200 Å². The maximum Gasteiger partial charge on any atom is 0.271 e. The number of amides is 1. The second kappa shape index (κ2) is 11.4. The maximum absolute atomic E-state index is 12.4. The molecule has 1 aromatic carbocycles. The Morgan fingerprint density at radius 1 is 1.26 bits per heavy atom. The van der Waals surface area contributed by atoms with E-state index >= 15 is 0 Å². The van der Waals surface area contributed by atoms with Gasteiger partial charge < -0.3 is 9.74 Å². The van der Waals surface area contributed by atoms with Gasteiger partial charge in [0.2, 0.25) is 0 Å². The van der Waals surface area contributed by atoms with Gasteiger partial charge in [-0.05, 0) is 65.5 Å². The molecule has 0 aliphatic rings. The normalized spacial score (nSPS) is 12.0. The molecule has 0 aliphatic carbocycles. The standard InChI is InChI=1S/C23H33IN4O2Si/c1-7-28(13-8-9-15-30-31(5,6)23(2,3)4)14-12-25-22(29)21-17-26-20-16-18(24)10-11-19(20)27-21/h10-11,16-17H,7,12-15H2,1-6H3,(H,25,29). The van der Waals surface area contributed by atoms with Crippen molar-refractivity contribution in [1.82, 2.24) is 20.2 Å². The third-order valence-corrected chi connectivity index (χ3v) is 10.8. The van der Waals surface area contributed by atoms with Crippen molar-refractivity contribution in [2.75, 3.05) is 32.8 Å². The molecule has 1 N–H and O–H groups in total. The minimum atomic E-state index is -1.75. The summed E-state index contributed by atoms with van der Waals surface area (Å²) in [5, 5.41) is 3.12. The topological polar surface area (TPSA) is 67.3 Å². The number of benzene rings is 1. The Morgan fingerprint density at radius 3 is 2.68 bits per heavy atom.